The minimum absolute atomic E-state index is 0.200. The van der Waals surface area contributed by atoms with Gasteiger partial charge in [-0.05, 0) is 32.0 Å². The summed E-state index contributed by atoms with van der Waals surface area (Å²) < 4.78 is 11.1. The fourth-order valence-electron chi connectivity index (χ4n) is 4.25. The summed E-state index contributed by atoms with van der Waals surface area (Å²) >= 11 is 6.43. The van der Waals surface area contributed by atoms with Gasteiger partial charge in [0, 0.05) is 18.8 Å². The molecule has 0 bridgehead atoms. The van der Waals surface area contributed by atoms with Crippen molar-refractivity contribution < 1.29 is 9.53 Å². The Kier molecular flexibility index (Phi) is 5.36. The zero-order valence-corrected chi connectivity index (χ0v) is 20.3. The summed E-state index contributed by atoms with van der Waals surface area (Å²) in [5, 5.41) is 0.414. The Morgan fingerprint density at radius 1 is 1.11 bits per heavy atom. The van der Waals surface area contributed by atoms with Crippen molar-refractivity contribution in [3.8, 4) is 22.7 Å². The number of carbonyl (C=O) groups is 1. The minimum Gasteiger partial charge on any atom is -0.495 e. The van der Waals surface area contributed by atoms with Crippen LogP contribution in [0.4, 0.5) is 0 Å². The van der Waals surface area contributed by atoms with Gasteiger partial charge < -0.3 is 4.74 Å². The summed E-state index contributed by atoms with van der Waals surface area (Å²) in [6, 6.07) is 14.1. The molecule has 5 rings (SSSR count). The lowest BCUT2D eigenvalue weighted by atomic mass is 10.1. The molecule has 0 aliphatic rings. The molecule has 10 heteroatoms. The average molecular weight is 492 g/mol. The van der Waals surface area contributed by atoms with Gasteiger partial charge >= 0.3 is 5.69 Å². The van der Waals surface area contributed by atoms with Crippen LogP contribution in [0.25, 0.3) is 33.9 Å². The van der Waals surface area contributed by atoms with Crippen molar-refractivity contribution in [1.82, 2.24) is 23.1 Å². The number of fused-ring (bicyclic) bond motifs is 3. The van der Waals surface area contributed by atoms with Gasteiger partial charge in [-0.1, -0.05) is 41.9 Å². The summed E-state index contributed by atoms with van der Waals surface area (Å²) in [7, 11) is 3.08. The van der Waals surface area contributed by atoms with Gasteiger partial charge in [-0.3, -0.25) is 23.1 Å². The van der Waals surface area contributed by atoms with E-state index in [1.807, 2.05) is 41.0 Å². The fraction of sp³-hybridized carbons (Fsp3) is 0.200. The molecule has 0 saturated carbocycles. The number of imidazole rings is 2. The molecule has 0 aliphatic carbocycles. The van der Waals surface area contributed by atoms with Crippen LogP contribution in [0.1, 0.15) is 19.9 Å². The van der Waals surface area contributed by atoms with Crippen molar-refractivity contribution in [2.24, 2.45) is 7.05 Å². The number of benzene rings is 2. The van der Waals surface area contributed by atoms with E-state index in [0.717, 1.165) is 15.8 Å². The van der Waals surface area contributed by atoms with E-state index in [-0.39, 0.29) is 16.9 Å². The molecule has 178 valence electrons. The number of hydrogen-bond acceptors (Lipinski definition) is 5. The summed E-state index contributed by atoms with van der Waals surface area (Å²) in [4.78, 5) is 43.3. The lowest BCUT2D eigenvalue weighted by molar-refractivity contribution is -0.119. The Morgan fingerprint density at radius 3 is 2.46 bits per heavy atom. The molecule has 35 heavy (non-hydrogen) atoms. The zero-order chi connectivity index (χ0) is 25.0. The molecule has 0 fully saturated rings. The number of methoxy groups -OCH3 is 1. The lowest BCUT2D eigenvalue weighted by Gasteiger charge is -2.12. The van der Waals surface area contributed by atoms with E-state index in [4.69, 9.17) is 21.3 Å². The molecule has 9 nitrogen and oxygen atoms in total. The number of hydrogen-bond donors (Lipinski definition) is 0. The highest BCUT2D eigenvalue weighted by Crippen LogP contribution is 2.32. The smallest absolute Gasteiger partial charge is 0.333 e. The Hall–Kier alpha value is -4.11. The van der Waals surface area contributed by atoms with E-state index in [2.05, 4.69) is 0 Å². The number of ketones is 1. The van der Waals surface area contributed by atoms with E-state index in [1.165, 1.54) is 25.5 Å². The molecule has 3 heterocycles. The second-order valence-corrected chi connectivity index (χ2v) is 8.70. The first-order valence-corrected chi connectivity index (χ1v) is 11.3. The van der Waals surface area contributed by atoms with Crippen LogP contribution >= 0.6 is 11.6 Å². The molecular weight excluding hydrogens is 470 g/mol. The maximum Gasteiger partial charge on any atom is 0.333 e. The number of carbonyl (C=O) groups excluding carboxylic acids is 1. The highest BCUT2D eigenvalue weighted by Gasteiger charge is 2.25. The van der Waals surface area contributed by atoms with Crippen molar-refractivity contribution in [2.45, 2.75) is 19.9 Å². The van der Waals surface area contributed by atoms with Gasteiger partial charge in [-0.2, -0.15) is 4.98 Å². The van der Waals surface area contributed by atoms with Crippen molar-refractivity contribution >= 4 is 34.3 Å². The molecule has 0 amide bonds. The predicted octanol–water partition coefficient (Wildman–Crippen LogP) is 3.62. The van der Waals surface area contributed by atoms with E-state index in [9.17, 15) is 14.4 Å². The van der Waals surface area contributed by atoms with Crippen LogP contribution in [-0.2, 0) is 11.8 Å². The van der Waals surface area contributed by atoms with Crippen LogP contribution in [0.3, 0.4) is 0 Å². The van der Waals surface area contributed by atoms with Crippen LogP contribution in [-0.4, -0.2) is 36.0 Å². The Balaban J connectivity index is 1.93. The van der Waals surface area contributed by atoms with Crippen LogP contribution in [0.5, 0.6) is 5.75 Å². The molecular formula is C25H22ClN5O4. The SMILES string of the molecule is COc1ccc(-n2c(-c3ccccc3)cn3c4c(=O)n([C@@H](C)C(C)=O)c(=O)n(C)c4nc23)cc1Cl. The summed E-state index contributed by atoms with van der Waals surface area (Å²) in [5.74, 6) is 0.650. The van der Waals surface area contributed by atoms with Gasteiger partial charge in [0.25, 0.3) is 5.56 Å². The average Bonchev–Trinajstić information content (AvgIpc) is 3.39. The minimum atomic E-state index is -0.910. The largest absolute Gasteiger partial charge is 0.495 e. The molecule has 5 aromatic rings. The molecule has 0 aliphatic heterocycles. The summed E-state index contributed by atoms with van der Waals surface area (Å²) in [5.41, 5.74) is 1.58. The second kappa shape index (κ2) is 8.28. The molecule has 0 radical (unpaired) electrons. The second-order valence-electron chi connectivity index (χ2n) is 8.29. The first kappa shape index (κ1) is 22.7. The Bertz CT molecular complexity index is 1740. The highest BCUT2D eigenvalue weighted by molar-refractivity contribution is 6.32. The van der Waals surface area contributed by atoms with Crippen molar-refractivity contribution in [3.05, 3.63) is 80.6 Å². The molecule has 3 aromatic heterocycles. The third kappa shape index (κ3) is 3.38. The number of Topliss-reactive ketones (excluding diaryl/α,β-unsaturated/α-hetero) is 1. The van der Waals surface area contributed by atoms with Gasteiger partial charge in [0.1, 0.15) is 5.75 Å². The van der Waals surface area contributed by atoms with Crippen LogP contribution < -0.4 is 16.0 Å². The number of rotatable bonds is 5. The molecule has 0 unspecified atom stereocenters. The monoisotopic (exact) mass is 491 g/mol. The topological polar surface area (TPSA) is 92.5 Å². The molecule has 1 atom stereocenters. The van der Waals surface area contributed by atoms with Crippen molar-refractivity contribution in [1.29, 1.82) is 0 Å². The standard InChI is InChI=1S/C25H22ClN5O4/c1-14(15(2)32)30-23(33)21-22(28(3)25(30)34)27-24-29(21)13-19(16-8-6-5-7-9-16)31(24)17-10-11-20(35-4)18(26)12-17/h5-14H,1-4H3/t14-/m0/s1. The maximum absolute atomic E-state index is 13.5. The van der Waals surface area contributed by atoms with Crippen molar-refractivity contribution in [3.63, 3.8) is 0 Å². The molecule has 0 spiro atoms. The van der Waals surface area contributed by atoms with Gasteiger partial charge in [-0.15, -0.1) is 0 Å². The Labute approximate surface area is 204 Å². The highest BCUT2D eigenvalue weighted by atomic mass is 35.5. The summed E-state index contributed by atoms with van der Waals surface area (Å²) in [6.07, 6.45) is 1.80. The van der Waals surface area contributed by atoms with Crippen LogP contribution in [0.2, 0.25) is 5.02 Å². The normalized spacial score (nSPS) is 12.4. The molecule has 0 saturated heterocycles. The van der Waals surface area contributed by atoms with Crippen LogP contribution in [0.15, 0.2) is 64.3 Å². The van der Waals surface area contributed by atoms with Crippen LogP contribution in [0, 0.1) is 0 Å². The molecule has 2 aromatic carbocycles. The van der Waals surface area contributed by atoms with Gasteiger partial charge in [0.05, 0.1) is 29.6 Å². The third-order valence-corrected chi connectivity index (χ3v) is 6.53. The lowest BCUT2D eigenvalue weighted by Crippen LogP contribution is -2.42. The third-order valence-electron chi connectivity index (χ3n) is 6.24. The van der Waals surface area contributed by atoms with E-state index in [1.54, 1.807) is 29.8 Å². The van der Waals surface area contributed by atoms with E-state index < -0.39 is 17.3 Å². The number of aryl methyl sites for hydroxylation is 1. The summed E-state index contributed by atoms with van der Waals surface area (Å²) in [6.45, 7) is 2.89. The van der Waals surface area contributed by atoms with Gasteiger partial charge in [0.15, 0.2) is 16.9 Å². The predicted molar refractivity (Wildman–Crippen MR) is 134 cm³/mol. The quantitative estimate of drug-likeness (QED) is 0.374. The zero-order valence-electron chi connectivity index (χ0n) is 19.5. The number of nitrogens with zero attached hydrogens (tertiary/aromatic N) is 5. The van der Waals surface area contributed by atoms with E-state index in [0.29, 0.717) is 22.2 Å². The number of aromatic nitrogens is 5. The number of ether oxygens (including phenoxy) is 1. The Morgan fingerprint density at radius 2 is 1.83 bits per heavy atom. The fourth-order valence-corrected chi connectivity index (χ4v) is 4.50. The van der Waals surface area contributed by atoms with Crippen molar-refractivity contribution in [2.75, 3.05) is 7.11 Å². The number of halogens is 1. The first-order chi connectivity index (χ1) is 16.7. The van der Waals surface area contributed by atoms with Gasteiger partial charge in [0.2, 0.25) is 5.78 Å². The first-order valence-electron chi connectivity index (χ1n) is 10.9. The van der Waals surface area contributed by atoms with Gasteiger partial charge in [-0.25, -0.2) is 9.36 Å². The maximum atomic E-state index is 13.5. The molecule has 0 N–H and O–H groups in total. The van der Waals surface area contributed by atoms with E-state index >= 15 is 0 Å².